The normalized spacial score (nSPS) is 22.5. The Balaban J connectivity index is 1.35. The molecule has 2 fully saturated rings. The summed E-state index contributed by atoms with van der Waals surface area (Å²) in [4.78, 5) is 15.4. The molecule has 9 nitrogen and oxygen atoms in total. The molecule has 5 rings (SSSR count). The number of ether oxygens (including phenoxy) is 2. The van der Waals surface area contributed by atoms with Crippen LogP contribution < -0.4 is 25.4 Å². The quantitative estimate of drug-likeness (QED) is 0.353. The molecule has 226 valence electrons. The van der Waals surface area contributed by atoms with Crippen molar-refractivity contribution < 1.29 is 23.0 Å². The number of methoxy groups -OCH3 is 2. The molecule has 2 aromatic carbocycles. The van der Waals surface area contributed by atoms with Crippen LogP contribution in [0.5, 0.6) is 11.5 Å². The maximum Gasteiger partial charge on any atom is 0.319 e. The predicted octanol–water partition coefficient (Wildman–Crippen LogP) is 4.51. The van der Waals surface area contributed by atoms with E-state index in [1.807, 2.05) is 10.7 Å². The van der Waals surface area contributed by atoms with Crippen LogP contribution in [0.2, 0.25) is 19.6 Å². The van der Waals surface area contributed by atoms with Crippen molar-refractivity contribution in [2.45, 2.75) is 69.4 Å². The van der Waals surface area contributed by atoms with E-state index < -0.39 is 25.7 Å². The summed E-state index contributed by atoms with van der Waals surface area (Å²) in [5.41, 5.74) is 1.30. The standard InChI is InChI=1S/C30H40F2N6O3Si/c1-40-25-9-6-20(16-26(25)41-2)30-11-10-22(34-29(39)33-21-7-8-23(31)24(32)17-21)18-27(30)37(13-12-30)14-15-38-19-28(35-36-38)42(3,4)5/h6-9,16-17,19,22,27H,10-15,18H2,1-5H3,(H2,33,34,39)/t22-,27+,30+/m1/s1. The zero-order valence-electron chi connectivity index (χ0n) is 24.9. The summed E-state index contributed by atoms with van der Waals surface area (Å²) in [7, 11) is 1.74. The highest BCUT2D eigenvalue weighted by Crippen LogP contribution is 2.50. The molecule has 1 aliphatic carbocycles. The second kappa shape index (κ2) is 12.0. The first-order chi connectivity index (χ1) is 20.0. The molecule has 2 amide bonds. The van der Waals surface area contributed by atoms with Crippen molar-refractivity contribution >= 4 is 25.1 Å². The molecule has 1 aliphatic heterocycles. The van der Waals surface area contributed by atoms with Crippen LogP contribution in [0.15, 0.2) is 42.6 Å². The van der Waals surface area contributed by atoms with Gasteiger partial charge in [0.25, 0.3) is 0 Å². The average molecular weight is 599 g/mol. The van der Waals surface area contributed by atoms with Crippen LogP contribution in [0.1, 0.15) is 31.2 Å². The van der Waals surface area contributed by atoms with Crippen LogP contribution in [0.3, 0.4) is 0 Å². The van der Waals surface area contributed by atoms with Gasteiger partial charge in [-0.05, 0) is 62.1 Å². The van der Waals surface area contributed by atoms with Gasteiger partial charge in [-0.2, -0.15) is 0 Å². The number of carbonyl (C=O) groups is 1. The third kappa shape index (κ3) is 6.14. The maximum absolute atomic E-state index is 13.7. The number of carbonyl (C=O) groups excluding carboxylic acids is 1. The molecule has 0 radical (unpaired) electrons. The number of hydrogen-bond acceptors (Lipinski definition) is 6. The minimum absolute atomic E-state index is 0.0842. The van der Waals surface area contributed by atoms with E-state index in [9.17, 15) is 13.6 Å². The lowest BCUT2D eigenvalue weighted by atomic mass is 9.65. The number of fused-ring (bicyclic) bond motifs is 1. The number of anilines is 1. The van der Waals surface area contributed by atoms with Crippen molar-refractivity contribution in [1.29, 1.82) is 0 Å². The van der Waals surface area contributed by atoms with Gasteiger partial charge in [0.1, 0.15) is 8.07 Å². The number of nitrogens with zero attached hydrogens (tertiary/aromatic N) is 4. The van der Waals surface area contributed by atoms with E-state index in [2.05, 4.69) is 63.8 Å². The number of hydrogen-bond donors (Lipinski definition) is 2. The van der Waals surface area contributed by atoms with Gasteiger partial charge in [-0.3, -0.25) is 9.58 Å². The van der Waals surface area contributed by atoms with E-state index >= 15 is 0 Å². The smallest absolute Gasteiger partial charge is 0.319 e. The molecule has 3 atom stereocenters. The van der Waals surface area contributed by atoms with Gasteiger partial charge in [-0.25, -0.2) is 13.6 Å². The van der Waals surface area contributed by atoms with Crippen LogP contribution in [0.25, 0.3) is 0 Å². The number of aromatic nitrogens is 3. The predicted molar refractivity (Wildman–Crippen MR) is 160 cm³/mol. The molecule has 0 bridgehead atoms. The van der Waals surface area contributed by atoms with Gasteiger partial charge >= 0.3 is 6.03 Å². The van der Waals surface area contributed by atoms with Crippen molar-refractivity contribution in [1.82, 2.24) is 25.2 Å². The summed E-state index contributed by atoms with van der Waals surface area (Å²) < 4.78 is 40.1. The van der Waals surface area contributed by atoms with Gasteiger partial charge in [-0.15, -0.1) is 5.10 Å². The van der Waals surface area contributed by atoms with Crippen LogP contribution in [0, 0.1) is 11.6 Å². The molecule has 1 aromatic heterocycles. The number of rotatable bonds is 9. The van der Waals surface area contributed by atoms with Gasteiger partial charge in [0.2, 0.25) is 0 Å². The first-order valence-corrected chi connectivity index (χ1v) is 17.9. The molecule has 3 aromatic rings. The van der Waals surface area contributed by atoms with E-state index in [1.165, 1.54) is 11.6 Å². The summed E-state index contributed by atoms with van der Waals surface area (Å²) in [5, 5.41) is 15.6. The fourth-order valence-electron chi connectivity index (χ4n) is 6.43. The molecule has 12 heteroatoms. The molecular formula is C30H40F2N6O3Si. The number of halogens is 2. The maximum atomic E-state index is 13.7. The van der Waals surface area contributed by atoms with E-state index in [1.54, 1.807) is 14.2 Å². The Hall–Kier alpha value is -3.51. The van der Waals surface area contributed by atoms with Gasteiger partial charge in [-0.1, -0.05) is 30.9 Å². The van der Waals surface area contributed by atoms with Crippen LogP contribution in [0.4, 0.5) is 19.3 Å². The lowest BCUT2D eigenvalue weighted by Crippen LogP contribution is -2.53. The molecule has 2 N–H and O–H groups in total. The van der Waals surface area contributed by atoms with E-state index in [-0.39, 0.29) is 23.2 Å². The van der Waals surface area contributed by atoms with Crippen molar-refractivity contribution in [2.24, 2.45) is 0 Å². The molecule has 0 spiro atoms. The Morgan fingerprint density at radius 3 is 2.52 bits per heavy atom. The molecule has 1 saturated carbocycles. The second-order valence-corrected chi connectivity index (χ2v) is 17.4. The highest BCUT2D eigenvalue weighted by Gasteiger charge is 2.51. The van der Waals surface area contributed by atoms with E-state index in [4.69, 9.17) is 9.47 Å². The van der Waals surface area contributed by atoms with Gasteiger partial charge in [0.15, 0.2) is 23.1 Å². The monoisotopic (exact) mass is 598 g/mol. The molecular weight excluding hydrogens is 558 g/mol. The van der Waals surface area contributed by atoms with Crippen molar-refractivity contribution in [3.63, 3.8) is 0 Å². The van der Waals surface area contributed by atoms with Crippen molar-refractivity contribution in [2.75, 3.05) is 32.6 Å². The van der Waals surface area contributed by atoms with Crippen LogP contribution >= 0.6 is 0 Å². The average Bonchev–Trinajstić information content (AvgIpc) is 3.59. The second-order valence-electron chi connectivity index (χ2n) is 12.3. The number of benzene rings is 2. The van der Waals surface area contributed by atoms with Crippen LogP contribution in [-0.2, 0) is 12.0 Å². The number of urea groups is 1. The number of likely N-dealkylation sites (tertiary alicyclic amines) is 1. The Labute approximate surface area is 246 Å². The zero-order chi connectivity index (χ0) is 30.1. The fraction of sp³-hybridized carbons (Fsp3) is 0.500. The van der Waals surface area contributed by atoms with Crippen molar-refractivity contribution in [3.8, 4) is 11.5 Å². The van der Waals surface area contributed by atoms with Gasteiger partial charge in [0, 0.05) is 42.0 Å². The van der Waals surface area contributed by atoms with E-state index in [0.717, 1.165) is 62.8 Å². The first-order valence-electron chi connectivity index (χ1n) is 14.4. The minimum Gasteiger partial charge on any atom is -0.493 e. The van der Waals surface area contributed by atoms with E-state index in [0.29, 0.717) is 11.5 Å². The Kier molecular flexibility index (Phi) is 8.56. The lowest BCUT2D eigenvalue weighted by Gasteiger charge is -2.45. The summed E-state index contributed by atoms with van der Waals surface area (Å²) in [6, 6.07) is 9.17. The Bertz CT molecular complexity index is 1430. The lowest BCUT2D eigenvalue weighted by molar-refractivity contribution is 0.132. The van der Waals surface area contributed by atoms with Gasteiger partial charge < -0.3 is 20.1 Å². The third-order valence-electron chi connectivity index (χ3n) is 8.76. The van der Waals surface area contributed by atoms with Crippen molar-refractivity contribution in [3.05, 3.63) is 59.8 Å². The largest absolute Gasteiger partial charge is 0.493 e. The number of nitrogens with one attached hydrogen (secondary N) is 2. The fourth-order valence-corrected chi connectivity index (χ4v) is 7.32. The first kappa shape index (κ1) is 30.0. The third-order valence-corrected chi connectivity index (χ3v) is 10.5. The van der Waals surface area contributed by atoms with Gasteiger partial charge in [0.05, 0.1) is 26.1 Å². The minimum atomic E-state index is -1.55. The number of amides is 2. The molecule has 42 heavy (non-hydrogen) atoms. The summed E-state index contributed by atoms with van der Waals surface area (Å²) in [6.07, 6.45) is 5.47. The summed E-state index contributed by atoms with van der Waals surface area (Å²) >= 11 is 0. The molecule has 0 unspecified atom stereocenters. The Morgan fingerprint density at radius 2 is 1.83 bits per heavy atom. The highest BCUT2D eigenvalue weighted by molar-refractivity contribution is 6.88. The molecule has 2 heterocycles. The summed E-state index contributed by atoms with van der Waals surface area (Å²) in [5.74, 6) is -0.563. The van der Waals surface area contributed by atoms with Crippen LogP contribution in [-0.4, -0.2) is 73.4 Å². The molecule has 1 saturated heterocycles. The zero-order valence-corrected chi connectivity index (χ0v) is 25.9. The molecule has 2 aliphatic rings. The summed E-state index contributed by atoms with van der Waals surface area (Å²) in [6.45, 7) is 9.24. The Morgan fingerprint density at radius 1 is 1.05 bits per heavy atom. The SMILES string of the molecule is COc1ccc([C@@]23CC[C@@H](NC(=O)Nc4ccc(F)c(F)c4)C[C@@H]2N(CCn2cc([Si](C)(C)C)nn2)CC3)cc1OC. The highest BCUT2D eigenvalue weighted by atomic mass is 28.3. The topological polar surface area (TPSA) is 93.5 Å².